The van der Waals surface area contributed by atoms with Crippen LogP contribution in [0.5, 0.6) is 0 Å². The van der Waals surface area contributed by atoms with Crippen LogP contribution < -0.4 is 0 Å². The van der Waals surface area contributed by atoms with Crippen LogP contribution >= 0.6 is 11.8 Å². The first-order valence-corrected chi connectivity index (χ1v) is 6.63. The molecule has 1 rings (SSSR count). The second-order valence-corrected chi connectivity index (χ2v) is 6.23. The maximum Gasteiger partial charge on any atom is 0.410 e. The molecule has 1 amide bonds. The van der Waals surface area contributed by atoms with Gasteiger partial charge in [0.1, 0.15) is 5.60 Å². The smallest absolute Gasteiger partial charge is 0.410 e. The Morgan fingerprint density at radius 1 is 1.47 bits per heavy atom. The fourth-order valence-electron chi connectivity index (χ4n) is 1.44. The van der Waals surface area contributed by atoms with Crippen LogP contribution in [0.15, 0.2) is 0 Å². The summed E-state index contributed by atoms with van der Waals surface area (Å²) in [6, 6.07) is 0. The van der Waals surface area contributed by atoms with Crippen molar-refractivity contribution >= 4 is 17.9 Å². The van der Waals surface area contributed by atoms with Gasteiger partial charge in [0.05, 0.1) is 0 Å². The van der Waals surface area contributed by atoms with Gasteiger partial charge in [0.15, 0.2) is 0 Å². The van der Waals surface area contributed by atoms with E-state index in [1.165, 1.54) is 0 Å². The van der Waals surface area contributed by atoms with Crippen molar-refractivity contribution in [2.45, 2.75) is 33.3 Å². The summed E-state index contributed by atoms with van der Waals surface area (Å²) >= 11 is 1.94. The van der Waals surface area contributed by atoms with E-state index in [1.54, 1.807) is 4.90 Å². The van der Waals surface area contributed by atoms with Gasteiger partial charge in [-0.1, -0.05) is 6.92 Å². The van der Waals surface area contributed by atoms with Crippen LogP contribution in [-0.4, -0.2) is 41.2 Å². The number of likely N-dealkylation sites (tertiary alicyclic amines) is 1. The molecule has 88 valence electrons. The van der Waals surface area contributed by atoms with E-state index in [0.29, 0.717) is 5.92 Å². The van der Waals surface area contributed by atoms with Crippen LogP contribution in [0.4, 0.5) is 4.79 Å². The van der Waals surface area contributed by atoms with Gasteiger partial charge in [0.2, 0.25) is 0 Å². The zero-order chi connectivity index (χ0) is 11.5. The molecule has 4 heteroatoms. The Labute approximate surface area is 96.5 Å². The molecule has 0 unspecified atom stereocenters. The second kappa shape index (κ2) is 5.10. The minimum absolute atomic E-state index is 0.166. The predicted molar refractivity (Wildman–Crippen MR) is 64.3 cm³/mol. The Balaban J connectivity index is 2.18. The molecule has 0 N–H and O–H groups in total. The summed E-state index contributed by atoms with van der Waals surface area (Å²) in [4.78, 5) is 13.3. The highest BCUT2D eigenvalue weighted by atomic mass is 32.2. The molecule has 0 aromatic carbocycles. The van der Waals surface area contributed by atoms with Crippen molar-refractivity contribution in [1.82, 2.24) is 4.90 Å². The van der Waals surface area contributed by atoms with Crippen molar-refractivity contribution in [3.8, 4) is 0 Å². The molecule has 0 spiro atoms. The van der Waals surface area contributed by atoms with Gasteiger partial charge in [0, 0.05) is 19.0 Å². The van der Waals surface area contributed by atoms with Crippen molar-refractivity contribution in [3.05, 3.63) is 0 Å². The molecule has 0 aliphatic carbocycles. The van der Waals surface area contributed by atoms with Crippen LogP contribution in [0.2, 0.25) is 0 Å². The third-order valence-electron chi connectivity index (χ3n) is 2.17. The number of carbonyl (C=O) groups is 1. The fraction of sp³-hybridized carbons (Fsp3) is 0.909. The van der Waals surface area contributed by atoms with Crippen molar-refractivity contribution < 1.29 is 9.53 Å². The Kier molecular flexibility index (Phi) is 4.32. The number of rotatable bonds is 3. The van der Waals surface area contributed by atoms with Gasteiger partial charge in [-0.3, -0.25) is 0 Å². The largest absolute Gasteiger partial charge is 0.444 e. The summed E-state index contributed by atoms with van der Waals surface area (Å²) in [5.74, 6) is 2.99. The molecule has 15 heavy (non-hydrogen) atoms. The average Bonchev–Trinajstić information content (AvgIpc) is 1.98. The van der Waals surface area contributed by atoms with Gasteiger partial charge in [-0.05, 0) is 32.3 Å². The van der Waals surface area contributed by atoms with E-state index < -0.39 is 0 Å². The zero-order valence-corrected chi connectivity index (χ0v) is 10.9. The predicted octanol–water partition coefficient (Wildman–Crippen LogP) is 2.61. The third-order valence-corrected chi connectivity index (χ3v) is 3.28. The number of amides is 1. The highest BCUT2D eigenvalue weighted by Crippen LogP contribution is 2.22. The van der Waals surface area contributed by atoms with Gasteiger partial charge in [-0.25, -0.2) is 4.79 Å². The highest BCUT2D eigenvalue weighted by Gasteiger charge is 2.33. The number of thioether (sulfide) groups is 1. The molecular weight excluding hydrogens is 210 g/mol. The van der Waals surface area contributed by atoms with Gasteiger partial charge in [-0.15, -0.1) is 0 Å². The average molecular weight is 231 g/mol. The van der Waals surface area contributed by atoms with E-state index in [-0.39, 0.29) is 11.7 Å². The van der Waals surface area contributed by atoms with Crippen LogP contribution in [0.3, 0.4) is 0 Å². The van der Waals surface area contributed by atoms with Gasteiger partial charge in [-0.2, -0.15) is 11.8 Å². The normalized spacial score (nSPS) is 17.5. The summed E-state index contributed by atoms with van der Waals surface area (Å²) in [7, 11) is 0. The molecule has 1 fully saturated rings. The molecule has 1 aliphatic rings. The van der Waals surface area contributed by atoms with Gasteiger partial charge >= 0.3 is 6.09 Å². The van der Waals surface area contributed by atoms with Crippen molar-refractivity contribution in [1.29, 1.82) is 0 Å². The number of ether oxygens (including phenoxy) is 1. The topological polar surface area (TPSA) is 29.5 Å². The quantitative estimate of drug-likeness (QED) is 0.747. The van der Waals surface area contributed by atoms with Crippen LogP contribution in [0, 0.1) is 5.92 Å². The Bertz CT molecular complexity index is 219. The summed E-state index contributed by atoms with van der Waals surface area (Å²) in [5, 5.41) is 0. The van der Waals surface area contributed by atoms with Gasteiger partial charge < -0.3 is 9.64 Å². The molecule has 0 bridgehead atoms. The van der Waals surface area contributed by atoms with E-state index in [0.717, 1.165) is 24.6 Å². The first-order valence-electron chi connectivity index (χ1n) is 5.48. The monoisotopic (exact) mass is 231 g/mol. The highest BCUT2D eigenvalue weighted by molar-refractivity contribution is 7.99. The second-order valence-electron chi connectivity index (χ2n) is 4.91. The van der Waals surface area contributed by atoms with E-state index in [9.17, 15) is 4.79 Å². The number of hydrogen-bond acceptors (Lipinski definition) is 3. The van der Waals surface area contributed by atoms with Crippen LogP contribution in [0.1, 0.15) is 27.7 Å². The lowest BCUT2D eigenvalue weighted by molar-refractivity contribution is 0.00215. The molecule has 0 atom stereocenters. The van der Waals surface area contributed by atoms with E-state index >= 15 is 0 Å². The molecule has 0 radical (unpaired) electrons. The molecule has 3 nitrogen and oxygen atoms in total. The lowest BCUT2D eigenvalue weighted by Gasteiger charge is -2.39. The Morgan fingerprint density at radius 3 is 2.53 bits per heavy atom. The SMILES string of the molecule is CCSCC1CN(C(=O)OC(C)(C)C)C1. The molecule has 0 aromatic rings. The fourth-order valence-corrected chi connectivity index (χ4v) is 2.22. The molecule has 0 aromatic heterocycles. The Hall–Kier alpha value is -0.380. The van der Waals surface area contributed by atoms with E-state index in [1.807, 2.05) is 32.5 Å². The third kappa shape index (κ3) is 4.33. The summed E-state index contributed by atoms with van der Waals surface area (Å²) in [5.41, 5.74) is -0.375. The van der Waals surface area contributed by atoms with Crippen LogP contribution in [-0.2, 0) is 4.74 Å². The molecular formula is C11H21NO2S. The summed E-state index contributed by atoms with van der Waals surface area (Å²) in [6.07, 6.45) is -0.166. The number of carbonyl (C=O) groups excluding carboxylic acids is 1. The first-order chi connectivity index (χ1) is 6.92. The molecule has 1 heterocycles. The summed E-state index contributed by atoms with van der Waals surface area (Å²) in [6.45, 7) is 9.58. The minimum Gasteiger partial charge on any atom is -0.444 e. The summed E-state index contributed by atoms with van der Waals surface area (Å²) < 4.78 is 5.27. The van der Waals surface area contributed by atoms with E-state index in [2.05, 4.69) is 6.92 Å². The standard InChI is InChI=1S/C11H21NO2S/c1-5-15-8-9-6-12(7-9)10(13)14-11(2,3)4/h9H,5-8H2,1-4H3. The molecule has 1 aliphatic heterocycles. The van der Waals surface area contributed by atoms with Crippen molar-refractivity contribution in [3.63, 3.8) is 0 Å². The first kappa shape index (κ1) is 12.7. The van der Waals surface area contributed by atoms with Crippen LogP contribution in [0.25, 0.3) is 0 Å². The number of nitrogens with zero attached hydrogens (tertiary/aromatic N) is 1. The maximum absolute atomic E-state index is 11.6. The minimum atomic E-state index is -0.375. The van der Waals surface area contributed by atoms with Gasteiger partial charge in [0.25, 0.3) is 0 Å². The van der Waals surface area contributed by atoms with Crippen molar-refractivity contribution in [2.24, 2.45) is 5.92 Å². The number of hydrogen-bond donors (Lipinski definition) is 0. The lowest BCUT2D eigenvalue weighted by atomic mass is 10.0. The lowest BCUT2D eigenvalue weighted by Crippen LogP contribution is -2.52. The Morgan fingerprint density at radius 2 is 2.07 bits per heavy atom. The molecule has 0 saturated carbocycles. The van der Waals surface area contributed by atoms with E-state index in [4.69, 9.17) is 4.74 Å². The zero-order valence-electron chi connectivity index (χ0n) is 10.1. The molecule has 1 saturated heterocycles. The van der Waals surface area contributed by atoms with Crippen molar-refractivity contribution in [2.75, 3.05) is 24.6 Å². The maximum atomic E-state index is 11.6.